The largest absolute Gasteiger partial charge is 0.288 e. The molecule has 10 rings (SSSR count). The molecule has 0 spiro atoms. The molecule has 7 nitrogen and oxygen atoms in total. The Bertz CT molecular complexity index is 2630. The highest BCUT2D eigenvalue weighted by Crippen LogP contribution is 2.44. The molecular weight excluding hydrogens is 639 g/mol. The normalized spacial score (nSPS) is 14.4. The Labute approximate surface area is 279 Å². The van der Waals surface area contributed by atoms with Gasteiger partial charge in [-0.2, -0.15) is 15.0 Å². The van der Waals surface area contributed by atoms with Crippen LogP contribution in [0.1, 0.15) is 51.2 Å². The van der Waals surface area contributed by atoms with Crippen molar-refractivity contribution in [3.63, 3.8) is 0 Å². The van der Waals surface area contributed by atoms with Gasteiger partial charge in [-0.15, -0.1) is 22.7 Å². The second kappa shape index (κ2) is 9.57. The van der Waals surface area contributed by atoms with Gasteiger partial charge in [-0.25, -0.2) is 0 Å². The van der Waals surface area contributed by atoms with Gasteiger partial charge in [0.25, 0.3) is 0 Å². The number of hydrogen-bond donors (Lipinski definition) is 0. The van der Waals surface area contributed by atoms with E-state index in [2.05, 4.69) is 10.2 Å². The van der Waals surface area contributed by atoms with Gasteiger partial charge in [-0.05, 0) is 70.1 Å². The quantitative estimate of drug-likeness (QED) is 0.136. The summed E-state index contributed by atoms with van der Waals surface area (Å²) in [6, 6.07) is 26.5. The average molecular weight is 658 g/mol. The summed E-state index contributed by atoms with van der Waals surface area (Å²) in [6.45, 7) is 0. The van der Waals surface area contributed by atoms with Crippen molar-refractivity contribution in [3.05, 3.63) is 128 Å². The molecule has 48 heavy (non-hydrogen) atoms. The summed E-state index contributed by atoms with van der Waals surface area (Å²) in [5, 5.41) is 14.7. The fourth-order valence-electron chi connectivity index (χ4n) is 6.99. The van der Waals surface area contributed by atoms with Crippen molar-refractivity contribution in [1.82, 2.24) is 15.0 Å². The Morgan fingerprint density at radius 3 is 1.19 bits per heavy atom. The maximum Gasteiger partial charge on any atom is 0.197 e. The summed E-state index contributed by atoms with van der Waals surface area (Å²) in [5.74, 6) is -1.12. The molecule has 0 bridgehead atoms. The van der Waals surface area contributed by atoms with E-state index in [0.717, 1.165) is 51.5 Å². The molecule has 2 aliphatic rings. The van der Waals surface area contributed by atoms with Gasteiger partial charge in [0.15, 0.2) is 23.1 Å². The van der Waals surface area contributed by atoms with Crippen LogP contribution in [-0.4, -0.2) is 38.1 Å². The van der Waals surface area contributed by atoms with E-state index in [-0.39, 0.29) is 34.3 Å². The maximum atomic E-state index is 13.5. The predicted molar refractivity (Wildman–Crippen MR) is 190 cm³/mol. The SMILES string of the molecule is Cn1nc2c3cc(C=C4C(=O)c5cc6ccccc6cc5C4=O)sc3c3sc(C=C4C(=O)c5cc6ccccc6cc5C4=O)cc3c2n1. The third-order valence-electron chi connectivity index (χ3n) is 9.23. The fraction of sp³-hybridized carbons (Fsp3) is 0.0256. The maximum absolute atomic E-state index is 13.5. The minimum Gasteiger partial charge on any atom is -0.288 e. The molecule has 0 amide bonds. The zero-order valence-corrected chi connectivity index (χ0v) is 26.7. The average Bonchev–Trinajstić information content (AvgIpc) is 3.89. The van der Waals surface area contributed by atoms with Crippen LogP contribution in [0.5, 0.6) is 0 Å². The Morgan fingerprint density at radius 2 is 0.854 bits per heavy atom. The first-order valence-electron chi connectivity index (χ1n) is 15.2. The van der Waals surface area contributed by atoms with Gasteiger partial charge in [0.1, 0.15) is 11.0 Å². The molecule has 0 radical (unpaired) electrons. The lowest BCUT2D eigenvalue weighted by atomic mass is 10.0. The number of carbonyl (C=O) groups excluding carboxylic acids is 4. The predicted octanol–water partition coefficient (Wildman–Crippen LogP) is 8.63. The first kappa shape index (κ1) is 27.2. The van der Waals surface area contributed by atoms with Crippen LogP contribution in [-0.2, 0) is 7.05 Å². The number of fused-ring (bicyclic) bond motifs is 10. The number of carbonyl (C=O) groups is 4. The van der Waals surface area contributed by atoms with E-state index in [9.17, 15) is 19.2 Å². The van der Waals surface area contributed by atoms with Gasteiger partial charge < -0.3 is 0 Å². The van der Waals surface area contributed by atoms with Crippen LogP contribution >= 0.6 is 22.7 Å². The number of benzene rings is 5. The molecular formula is C39H19N3O4S2. The summed E-state index contributed by atoms with van der Waals surface area (Å²) in [7, 11) is 1.76. The van der Waals surface area contributed by atoms with Gasteiger partial charge in [0.2, 0.25) is 0 Å². The molecule has 0 N–H and O–H groups in total. The number of aryl methyl sites for hydroxylation is 1. The minimum absolute atomic E-state index is 0.139. The molecule has 0 unspecified atom stereocenters. The molecule has 0 saturated carbocycles. The fourth-order valence-corrected chi connectivity index (χ4v) is 9.35. The zero-order valence-electron chi connectivity index (χ0n) is 25.0. The Morgan fingerprint density at radius 1 is 0.521 bits per heavy atom. The highest BCUT2D eigenvalue weighted by molar-refractivity contribution is 7.28. The lowest BCUT2D eigenvalue weighted by Gasteiger charge is -2.00. The number of aromatic nitrogens is 3. The van der Waals surface area contributed by atoms with Crippen LogP contribution in [0.15, 0.2) is 96.1 Å². The minimum atomic E-state index is -0.280. The lowest BCUT2D eigenvalue weighted by Crippen LogP contribution is -1.99. The number of thiophene rings is 2. The summed E-state index contributed by atoms with van der Waals surface area (Å²) >= 11 is 2.94. The van der Waals surface area contributed by atoms with E-state index in [1.165, 1.54) is 27.5 Å². The molecule has 0 fully saturated rings. The van der Waals surface area contributed by atoms with Crippen molar-refractivity contribution in [1.29, 1.82) is 0 Å². The Balaban J connectivity index is 1.11. The van der Waals surface area contributed by atoms with E-state index >= 15 is 0 Å². The lowest BCUT2D eigenvalue weighted by molar-refractivity contribution is 0.0975. The summed E-state index contributed by atoms with van der Waals surface area (Å²) < 4.78 is 1.86. The third-order valence-corrected chi connectivity index (χ3v) is 11.6. The monoisotopic (exact) mass is 657 g/mol. The number of ketones is 4. The molecule has 0 saturated heterocycles. The number of nitrogens with zero attached hydrogens (tertiary/aromatic N) is 3. The standard InChI is InChI=1S/C39H19N3O4S2/c1-42-40-32-28-14-22(16-30-34(43)24-10-18-6-2-3-7-19(18)11-25(24)35(30)44)47-38(28)39-29(33(32)41-42)15-23(48-39)17-31-36(45)26-12-20-8-4-5-9-21(20)13-27(26)37(31)46/h2-17H,1H3. The molecule has 2 aliphatic carbocycles. The Hall–Kier alpha value is -5.90. The first-order chi connectivity index (χ1) is 23.3. The van der Waals surface area contributed by atoms with E-state index in [0.29, 0.717) is 33.3 Å². The van der Waals surface area contributed by atoms with Gasteiger partial charge in [0, 0.05) is 49.8 Å². The topological polar surface area (TPSA) is 99.0 Å². The molecule has 5 aromatic carbocycles. The molecule has 0 atom stereocenters. The van der Waals surface area contributed by atoms with E-state index in [1.54, 1.807) is 43.5 Å². The molecule has 0 aliphatic heterocycles. The van der Waals surface area contributed by atoms with Crippen molar-refractivity contribution in [2.24, 2.45) is 7.05 Å². The molecule has 8 aromatic rings. The van der Waals surface area contributed by atoms with Crippen molar-refractivity contribution < 1.29 is 19.2 Å². The zero-order chi connectivity index (χ0) is 32.4. The van der Waals surface area contributed by atoms with Crippen molar-refractivity contribution in [3.8, 4) is 0 Å². The van der Waals surface area contributed by atoms with E-state index in [1.807, 2.05) is 60.7 Å². The molecule has 9 heteroatoms. The van der Waals surface area contributed by atoms with Gasteiger partial charge in [0.05, 0.1) is 20.5 Å². The second-order valence-corrected chi connectivity index (χ2v) is 14.3. The number of Topliss-reactive ketones (excluding diaryl/α,β-unsaturated/α-hetero) is 4. The highest BCUT2D eigenvalue weighted by Gasteiger charge is 2.35. The number of rotatable bonds is 2. The van der Waals surface area contributed by atoms with E-state index in [4.69, 9.17) is 0 Å². The van der Waals surface area contributed by atoms with E-state index < -0.39 is 0 Å². The third kappa shape index (κ3) is 3.74. The van der Waals surface area contributed by atoms with Gasteiger partial charge >= 0.3 is 0 Å². The van der Waals surface area contributed by atoms with Crippen LogP contribution < -0.4 is 0 Å². The molecule has 226 valence electrons. The summed E-state index contributed by atoms with van der Waals surface area (Å²) in [6.07, 6.45) is 3.36. The molecule has 3 aromatic heterocycles. The van der Waals surface area contributed by atoms with Crippen LogP contribution in [0.25, 0.3) is 64.9 Å². The van der Waals surface area contributed by atoms with Crippen LogP contribution in [0.4, 0.5) is 0 Å². The molecule has 3 heterocycles. The summed E-state index contributed by atoms with van der Waals surface area (Å²) in [4.78, 5) is 57.0. The van der Waals surface area contributed by atoms with Crippen LogP contribution in [0.2, 0.25) is 0 Å². The van der Waals surface area contributed by atoms with Crippen LogP contribution in [0, 0.1) is 0 Å². The van der Waals surface area contributed by atoms with Crippen molar-refractivity contribution in [2.75, 3.05) is 0 Å². The highest BCUT2D eigenvalue weighted by atomic mass is 32.1. The van der Waals surface area contributed by atoms with Crippen LogP contribution in [0.3, 0.4) is 0 Å². The number of allylic oxidation sites excluding steroid dienone is 2. The second-order valence-electron chi connectivity index (χ2n) is 12.1. The first-order valence-corrected chi connectivity index (χ1v) is 16.8. The van der Waals surface area contributed by atoms with Gasteiger partial charge in [-0.3, -0.25) is 19.2 Å². The van der Waals surface area contributed by atoms with Gasteiger partial charge in [-0.1, -0.05) is 48.5 Å². The summed E-state index contributed by atoms with van der Waals surface area (Å²) in [5.41, 5.74) is 3.37. The smallest absolute Gasteiger partial charge is 0.197 e. The Kier molecular flexibility index (Phi) is 5.43. The number of hydrogen-bond acceptors (Lipinski definition) is 8. The van der Waals surface area contributed by atoms with Crippen molar-refractivity contribution >= 4 is 111 Å². The van der Waals surface area contributed by atoms with Crippen molar-refractivity contribution in [2.45, 2.75) is 0 Å².